The minimum atomic E-state index is -1.24. The van der Waals surface area contributed by atoms with E-state index in [1.807, 2.05) is 0 Å². The van der Waals surface area contributed by atoms with Gasteiger partial charge in [0.25, 0.3) is 0 Å². The van der Waals surface area contributed by atoms with Crippen molar-refractivity contribution < 1.29 is 13.9 Å². The Balaban J connectivity index is 2.47. The summed E-state index contributed by atoms with van der Waals surface area (Å²) < 4.78 is 18.3. The average molecular weight is 270 g/mol. The molecule has 1 rings (SSSR count). The largest absolute Gasteiger partial charge is 0.450 e. The summed E-state index contributed by atoms with van der Waals surface area (Å²) >= 11 is 0. The third-order valence-corrected chi connectivity index (χ3v) is 4.02. The highest BCUT2D eigenvalue weighted by molar-refractivity contribution is 6.76. The Morgan fingerprint density at radius 1 is 1.44 bits per heavy atom. The number of hydrogen-bond acceptors (Lipinski definition) is 3. The molecule has 0 aromatic heterocycles. The van der Waals surface area contributed by atoms with Gasteiger partial charge in [-0.15, -0.1) is 0 Å². The minimum absolute atomic E-state index is 0.0352. The van der Waals surface area contributed by atoms with Gasteiger partial charge in [0.15, 0.2) is 0 Å². The van der Waals surface area contributed by atoms with E-state index in [1.165, 1.54) is 18.2 Å². The molecule has 3 N–H and O–H groups in total. The molecule has 4 nitrogen and oxygen atoms in total. The number of hydrogen-bond donors (Lipinski definition) is 2. The summed E-state index contributed by atoms with van der Waals surface area (Å²) in [4.78, 5) is 11.4. The molecule has 0 aliphatic heterocycles. The zero-order valence-electron chi connectivity index (χ0n) is 10.9. The number of benzene rings is 1. The lowest BCUT2D eigenvalue weighted by molar-refractivity contribution is 0.167. The van der Waals surface area contributed by atoms with E-state index in [9.17, 15) is 9.18 Å². The molecule has 1 amide bonds. The van der Waals surface area contributed by atoms with Crippen LogP contribution in [0.3, 0.4) is 0 Å². The number of nitrogen functional groups attached to an aromatic ring is 1. The van der Waals surface area contributed by atoms with Crippen molar-refractivity contribution in [2.45, 2.75) is 25.7 Å². The molecule has 0 aliphatic rings. The van der Waals surface area contributed by atoms with Gasteiger partial charge in [-0.25, -0.2) is 9.18 Å². The fourth-order valence-corrected chi connectivity index (χ4v) is 1.95. The Kier molecular flexibility index (Phi) is 4.72. The SMILES string of the molecule is C[Si](C)(C)CCOC(=O)Nc1cc(N)ccc1F. The third kappa shape index (κ3) is 5.18. The van der Waals surface area contributed by atoms with E-state index in [1.54, 1.807) is 0 Å². The molecule has 0 saturated heterocycles. The van der Waals surface area contributed by atoms with Crippen molar-refractivity contribution >= 4 is 25.5 Å². The maximum atomic E-state index is 13.3. The molecule has 100 valence electrons. The number of rotatable bonds is 4. The highest BCUT2D eigenvalue weighted by Crippen LogP contribution is 2.17. The number of nitrogens with one attached hydrogen (secondary N) is 1. The molecule has 0 spiro atoms. The Hall–Kier alpha value is -1.56. The van der Waals surface area contributed by atoms with Crippen molar-refractivity contribution in [1.29, 1.82) is 0 Å². The van der Waals surface area contributed by atoms with Crippen LogP contribution in [0.5, 0.6) is 0 Å². The molecule has 0 heterocycles. The standard InChI is InChI=1S/C12H19FN2O2Si/c1-18(2,3)7-6-17-12(16)15-11-8-9(14)4-5-10(11)13/h4-5,8H,6-7,14H2,1-3H3,(H,15,16). The number of carbonyl (C=O) groups is 1. The summed E-state index contributed by atoms with van der Waals surface area (Å²) in [5, 5.41) is 2.34. The molecule has 0 unspecified atom stereocenters. The lowest BCUT2D eigenvalue weighted by Crippen LogP contribution is -2.24. The fraction of sp³-hybridized carbons (Fsp3) is 0.417. The van der Waals surface area contributed by atoms with Gasteiger partial charge in [0.05, 0.1) is 12.3 Å². The molecule has 6 heteroatoms. The van der Waals surface area contributed by atoms with Crippen LogP contribution in [0.2, 0.25) is 25.7 Å². The van der Waals surface area contributed by atoms with Crippen LogP contribution in [-0.2, 0) is 4.74 Å². The smallest absolute Gasteiger partial charge is 0.411 e. The first-order chi connectivity index (χ1) is 8.28. The zero-order chi connectivity index (χ0) is 13.8. The van der Waals surface area contributed by atoms with E-state index >= 15 is 0 Å². The number of halogens is 1. The van der Waals surface area contributed by atoms with Crippen LogP contribution in [-0.4, -0.2) is 20.8 Å². The van der Waals surface area contributed by atoms with Crippen molar-refractivity contribution in [3.8, 4) is 0 Å². The van der Waals surface area contributed by atoms with Gasteiger partial charge < -0.3 is 10.5 Å². The van der Waals surface area contributed by atoms with Crippen molar-refractivity contribution in [3.05, 3.63) is 24.0 Å². The first-order valence-corrected chi connectivity index (χ1v) is 9.47. The molecule has 0 bridgehead atoms. The Morgan fingerprint density at radius 2 is 2.11 bits per heavy atom. The van der Waals surface area contributed by atoms with Gasteiger partial charge in [0.2, 0.25) is 0 Å². The minimum Gasteiger partial charge on any atom is -0.450 e. The van der Waals surface area contributed by atoms with E-state index in [0.717, 1.165) is 6.04 Å². The predicted octanol–water partition coefficient (Wildman–Crippen LogP) is 3.29. The highest BCUT2D eigenvalue weighted by atomic mass is 28.3. The molecule has 18 heavy (non-hydrogen) atoms. The molecule has 1 aromatic rings. The monoisotopic (exact) mass is 270 g/mol. The number of carbonyl (C=O) groups excluding carboxylic acids is 1. The zero-order valence-corrected chi connectivity index (χ0v) is 11.9. The predicted molar refractivity (Wildman–Crippen MR) is 73.9 cm³/mol. The van der Waals surface area contributed by atoms with Gasteiger partial charge in [-0.3, -0.25) is 5.32 Å². The molecular weight excluding hydrogens is 251 g/mol. The lowest BCUT2D eigenvalue weighted by Gasteiger charge is -2.15. The first kappa shape index (κ1) is 14.5. The summed E-state index contributed by atoms with van der Waals surface area (Å²) in [6, 6.07) is 4.86. The van der Waals surface area contributed by atoms with Crippen molar-refractivity contribution in [2.75, 3.05) is 17.7 Å². The first-order valence-electron chi connectivity index (χ1n) is 5.77. The summed E-state index contributed by atoms with van der Waals surface area (Å²) in [7, 11) is -1.24. The van der Waals surface area contributed by atoms with Crippen LogP contribution >= 0.6 is 0 Å². The molecule has 0 saturated carbocycles. The number of amides is 1. The second kappa shape index (κ2) is 5.86. The lowest BCUT2D eigenvalue weighted by atomic mass is 10.3. The van der Waals surface area contributed by atoms with Crippen LogP contribution in [0.4, 0.5) is 20.6 Å². The quantitative estimate of drug-likeness (QED) is 0.651. The van der Waals surface area contributed by atoms with E-state index < -0.39 is 20.0 Å². The highest BCUT2D eigenvalue weighted by Gasteiger charge is 2.14. The summed E-state index contributed by atoms with van der Waals surface area (Å²) in [6.45, 7) is 6.91. The number of anilines is 2. The normalized spacial score (nSPS) is 11.1. The van der Waals surface area contributed by atoms with Gasteiger partial charge in [-0.1, -0.05) is 19.6 Å². The number of nitrogens with two attached hydrogens (primary N) is 1. The molecule has 0 atom stereocenters. The van der Waals surface area contributed by atoms with E-state index in [2.05, 4.69) is 25.0 Å². The third-order valence-electron chi connectivity index (χ3n) is 2.31. The van der Waals surface area contributed by atoms with Crippen LogP contribution in [0, 0.1) is 5.82 Å². The van der Waals surface area contributed by atoms with Crippen LogP contribution in [0.1, 0.15) is 0 Å². The fourth-order valence-electron chi connectivity index (χ4n) is 1.23. The van der Waals surface area contributed by atoms with E-state index in [-0.39, 0.29) is 5.69 Å². The van der Waals surface area contributed by atoms with E-state index in [4.69, 9.17) is 10.5 Å². The molecule has 1 aromatic carbocycles. The Morgan fingerprint density at radius 3 is 2.72 bits per heavy atom. The average Bonchev–Trinajstić information content (AvgIpc) is 2.21. The maximum absolute atomic E-state index is 13.3. The van der Waals surface area contributed by atoms with Gasteiger partial charge >= 0.3 is 6.09 Å². The molecule has 0 aliphatic carbocycles. The Bertz CT molecular complexity index is 433. The summed E-state index contributed by atoms with van der Waals surface area (Å²) in [6.07, 6.45) is -0.655. The summed E-state index contributed by atoms with van der Waals surface area (Å²) in [5.74, 6) is -0.536. The Labute approximate surface area is 107 Å². The van der Waals surface area contributed by atoms with Crippen LogP contribution in [0.15, 0.2) is 18.2 Å². The number of ether oxygens (including phenoxy) is 1. The molecule has 0 radical (unpaired) electrons. The van der Waals surface area contributed by atoms with Gasteiger partial charge in [-0.05, 0) is 24.2 Å². The maximum Gasteiger partial charge on any atom is 0.411 e. The van der Waals surface area contributed by atoms with Crippen molar-refractivity contribution in [1.82, 2.24) is 0 Å². The summed E-state index contributed by atoms with van der Waals surface area (Å²) in [5.41, 5.74) is 5.93. The van der Waals surface area contributed by atoms with Crippen LogP contribution < -0.4 is 11.1 Å². The molecule has 0 fully saturated rings. The van der Waals surface area contributed by atoms with Gasteiger partial charge in [0.1, 0.15) is 5.82 Å². The van der Waals surface area contributed by atoms with E-state index in [0.29, 0.717) is 12.3 Å². The van der Waals surface area contributed by atoms with Gasteiger partial charge in [0, 0.05) is 13.8 Å². The molecular formula is C12H19FN2O2Si. The second-order valence-electron chi connectivity index (χ2n) is 5.31. The second-order valence-corrected chi connectivity index (χ2v) is 10.9. The van der Waals surface area contributed by atoms with Crippen molar-refractivity contribution in [2.24, 2.45) is 0 Å². The topological polar surface area (TPSA) is 64.3 Å². The van der Waals surface area contributed by atoms with Gasteiger partial charge in [-0.2, -0.15) is 0 Å². The van der Waals surface area contributed by atoms with Crippen molar-refractivity contribution in [3.63, 3.8) is 0 Å². The van der Waals surface area contributed by atoms with Crippen LogP contribution in [0.25, 0.3) is 0 Å².